The maximum absolute atomic E-state index is 12.6. The van der Waals surface area contributed by atoms with Gasteiger partial charge in [-0.1, -0.05) is 29.3 Å². The van der Waals surface area contributed by atoms with Crippen LogP contribution in [0.1, 0.15) is 19.3 Å². The molecule has 2 N–H and O–H groups in total. The molecular formula is C15H19Cl2N2O3+. The maximum atomic E-state index is 12.6. The zero-order valence-corrected chi connectivity index (χ0v) is 13.8. The normalized spacial score (nSPS) is 16.3. The van der Waals surface area contributed by atoms with E-state index in [1.54, 1.807) is 18.2 Å². The van der Waals surface area contributed by atoms with Gasteiger partial charge < -0.3 is 15.0 Å². The second-order valence-corrected chi connectivity index (χ2v) is 6.07. The van der Waals surface area contributed by atoms with Crippen LogP contribution in [0.4, 0.5) is 5.69 Å². The van der Waals surface area contributed by atoms with Crippen molar-refractivity contribution in [2.45, 2.75) is 25.3 Å². The highest BCUT2D eigenvalue weighted by molar-refractivity contribution is 6.44. The van der Waals surface area contributed by atoms with Crippen LogP contribution in [0.25, 0.3) is 0 Å². The second-order valence-electron chi connectivity index (χ2n) is 5.29. The lowest BCUT2D eigenvalue weighted by Crippen LogP contribution is -3.15. The molecule has 0 unspecified atom stereocenters. The van der Waals surface area contributed by atoms with E-state index < -0.39 is 12.0 Å². The summed E-state index contributed by atoms with van der Waals surface area (Å²) in [5.74, 6) is -0.636. The van der Waals surface area contributed by atoms with Gasteiger partial charge >= 0.3 is 5.97 Å². The van der Waals surface area contributed by atoms with Crippen molar-refractivity contribution in [1.82, 2.24) is 0 Å². The van der Waals surface area contributed by atoms with Crippen LogP contribution in [0.2, 0.25) is 10.0 Å². The average Bonchev–Trinajstić information content (AvgIpc) is 3.03. The summed E-state index contributed by atoms with van der Waals surface area (Å²) >= 11 is 12.0. The first-order chi connectivity index (χ1) is 10.5. The average molecular weight is 346 g/mol. The van der Waals surface area contributed by atoms with E-state index in [4.69, 9.17) is 27.9 Å². The SMILES string of the molecule is COC(=O)C[C@H](C(=O)Nc1cccc(Cl)c1Cl)[NH+]1CCCC1. The molecule has 2 rings (SSSR count). The second kappa shape index (κ2) is 7.81. The molecule has 1 aromatic rings. The standard InChI is InChI=1S/C15H18Cl2N2O3/c1-22-13(20)9-12(19-7-2-3-8-19)15(21)18-11-6-4-5-10(16)14(11)17/h4-6,12H,2-3,7-9H2,1H3,(H,18,21)/p+1/t12-/m1/s1. The highest BCUT2D eigenvalue weighted by atomic mass is 35.5. The number of esters is 1. The van der Waals surface area contributed by atoms with Crippen LogP contribution in [0.5, 0.6) is 0 Å². The third-order valence-electron chi connectivity index (χ3n) is 3.86. The molecule has 22 heavy (non-hydrogen) atoms. The summed E-state index contributed by atoms with van der Waals surface area (Å²) in [6.45, 7) is 1.75. The molecule has 0 radical (unpaired) electrons. The fourth-order valence-corrected chi connectivity index (χ4v) is 3.02. The minimum absolute atomic E-state index is 0.0514. The number of amides is 1. The Balaban J connectivity index is 2.13. The van der Waals surface area contributed by atoms with Crippen LogP contribution in [0.3, 0.4) is 0 Å². The van der Waals surface area contributed by atoms with Crippen molar-refractivity contribution < 1.29 is 19.2 Å². The van der Waals surface area contributed by atoms with Crippen molar-refractivity contribution in [1.29, 1.82) is 0 Å². The Labute approximate surface area is 139 Å². The number of hydrogen-bond acceptors (Lipinski definition) is 3. The number of methoxy groups -OCH3 is 1. The highest BCUT2D eigenvalue weighted by Gasteiger charge is 2.34. The quantitative estimate of drug-likeness (QED) is 0.796. The summed E-state index contributed by atoms with van der Waals surface area (Å²) in [7, 11) is 1.32. The number of halogens is 2. The number of quaternary nitrogens is 1. The molecule has 1 aromatic carbocycles. The van der Waals surface area contributed by atoms with Crippen LogP contribution in [-0.2, 0) is 14.3 Å². The number of likely N-dealkylation sites (tertiary alicyclic amines) is 1. The zero-order valence-electron chi connectivity index (χ0n) is 12.3. The molecule has 0 bridgehead atoms. The lowest BCUT2D eigenvalue weighted by molar-refractivity contribution is -0.903. The Morgan fingerprint density at radius 3 is 2.64 bits per heavy atom. The molecule has 1 saturated heterocycles. The number of benzene rings is 1. The van der Waals surface area contributed by atoms with Gasteiger partial charge in [-0.15, -0.1) is 0 Å². The van der Waals surface area contributed by atoms with Gasteiger partial charge in [0.15, 0.2) is 6.04 Å². The lowest BCUT2D eigenvalue weighted by atomic mass is 10.1. The van der Waals surface area contributed by atoms with E-state index in [0.717, 1.165) is 30.8 Å². The largest absolute Gasteiger partial charge is 0.469 e. The van der Waals surface area contributed by atoms with Gasteiger partial charge in [-0.2, -0.15) is 0 Å². The first kappa shape index (κ1) is 17.1. The summed E-state index contributed by atoms with van der Waals surface area (Å²) in [5.41, 5.74) is 0.452. The molecule has 1 atom stereocenters. The van der Waals surface area contributed by atoms with Gasteiger partial charge in [0.1, 0.15) is 6.42 Å². The molecule has 0 saturated carbocycles. The number of carbonyl (C=O) groups excluding carboxylic acids is 2. The van der Waals surface area contributed by atoms with E-state index in [0.29, 0.717) is 15.7 Å². The van der Waals surface area contributed by atoms with E-state index in [9.17, 15) is 9.59 Å². The molecule has 0 spiro atoms. The number of hydrogen-bond donors (Lipinski definition) is 2. The van der Waals surface area contributed by atoms with Crippen molar-refractivity contribution in [3.05, 3.63) is 28.2 Å². The van der Waals surface area contributed by atoms with Crippen LogP contribution >= 0.6 is 23.2 Å². The first-order valence-electron chi connectivity index (χ1n) is 7.19. The fourth-order valence-electron chi connectivity index (χ4n) is 2.67. The van der Waals surface area contributed by atoms with Crippen molar-refractivity contribution in [2.75, 3.05) is 25.5 Å². The molecule has 1 amide bonds. The van der Waals surface area contributed by atoms with Crippen LogP contribution < -0.4 is 10.2 Å². The number of rotatable bonds is 5. The molecule has 5 nitrogen and oxygen atoms in total. The van der Waals surface area contributed by atoms with E-state index in [-0.39, 0.29) is 12.3 Å². The predicted octanol–water partition coefficient (Wildman–Crippen LogP) is 1.54. The van der Waals surface area contributed by atoms with E-state index in [2.05, 4.69) is 5.32 Å². The maximum Gasteiger partial charge on any atom is 0.312 e. The summed E-state index contributed by atoms with van der Waals surface area (Å²) in [6, 6.07) is 4.56. The van der Waals surface area contributed by atoms with Crippen molar-refractivity contribution in [3.63, 3.8) is 0 Å². The van der Waals surface area contributed by atoms with E-state index in [1.165, 1.54) is 7.11 Å². The molecular weight excluding hydrogens is 327 g/mol. The number of nitrogens with one attached hydrogen (secondary N) is 2. The molecule has 0 aromatic heterocycles. The molecule has 120 valence electrons. The number of ether oxygens (including phenoxy) is 1. The molecule has 1 aliphatic rings. The monoisotopic (exact) mass is 345 g/mol. The molecule has 0 aliphatic carbocycles. The molecule has 7 heteroatoms. The minimum atomic E-state index is -0.481. The smallest absolute Gasteiger partial charge is 0.312 e. The van der Waals surface area contributed by atoms with Crippen molar-refractivity contribution in [3.8, 4) is 0 Å². The van der Waals surface area contributed by atoms with Gasteiger partial charge in [0, 0.05) is 12.8 Å². The number of carbonyl (C=O) groups is 2. The number of anilines is 1. The Kier molecular flexibility index (Phi) is 6.06. The zero-order chi connectivity index (χ0) is 16.1. The topological polar surface area (TPSA) is 59.8 Å². The van der Waals surface area contributed by atoms with E-state index in [1.807, 2.05) is 0 Å². The summed E-state index contributed by atoms with van der Waals surface area (Å²) in [6.07, 6.45) is 2.16. The third kappa shape index (κ3) is 4.12. The van der Waals surface area contributed by atoms with E-state index >= 15 is 0 Å². The Morgan fingerprint density at radius 2 is 2.00 bits per heavy atom. The van der Waals surface area contributed by atoms with Gasteiger partial charge in [0.25, 0.3) is 5.91 Å². The molecule has 1 aliphatic heterocycles. The molecule has 1 fully saturated rings. The fraction of sp³-hybridized carbons (Fsp3) is 0.467. The van der Waals surface area contributed by atoms with Gasteiger partial charge in [0.05, 0.1) is 35.9 Å². The van der Waals surface area contributed by atoms with Crippen LogP contribution in [0.15, 0.2) is 18.2 Å². The first-order valence-corrected chi connectivity index (χ1v) is 7.94. The van der Waals surface area contributed by atoms with Gasteiger partial charge in [-0.25, -0.2) is 0 Å². The Hall–Kier alpha value is -1.30. The Bertz CT molecular complexity index is 560. The summed E-state index contributed by atoms with van der Waals surface area (Å²) in [4.78, 5) is 25.3. The van der Waals surface area contributed by atoms with Crippen LogP contribution in [-0.4, -0.2) is 38.1 Å². The highest BCUT2D eigenvalue weighted by Crippen LogP contribution is 2.29. The van der Waals surface area contributed by atoms with Crippen molar-refractivity contribution in [2.24, 2.45) is 0 Å². The van der Waals surface area contributed by atoms with Crippen LogP contribution in [0, 0.1) is 0 Å². The Morgan fingerprint density at radius 1 is 1.32 bits per heavy atom. The summed E-state index contributed by atoms with van der Waals surface area (Å²) < 4.78 is 4.70. The molecule has 1 heterocycles. The third-order valence-corrected chi connectivity index (χ3v) is 4.68. The minimum Gasteiger partial charge on any atom is -0.469 e. The van der Waals surface area contributed by atoms with Crippen molar-refractivity contribution >= 4 is 40.8 Å². The van der Waals surface area contributed by atoms with Gasteiger partial charge in [-0.3, -0.25) is 9.59 Å². The predicted molar refractivity (Wildman–Crippen MR) is 85.4 cm³/mol. The lowest BCUT2D eigenvalue weighted by Gasteiger charge is -2.23. The van der Waals surface area contributed by atoms with Gasteiger partial charge in [-0.05, 0) is 12.1 Å². The van der Waals surface area contributed by atoms with Gasteiger partial charge in [0.2, 0.25) is 0 Å². The summed E-state index contributed by atoms with van der Waals surface area (Å²) in [5, 5.41) is 3.44.